The van der Waals surface area contributed by atoms with Crippen LogP contribution in [0.1, 0.15) is 18.5 Å². The van der Waals surface area contributed by atoms with E-state index in [2.05, 4.69) is 20.7 Å². The molecule has 144 valence electrons. The molecule has 3 unspecified atom stereocenters. The van der Waals surface area contributed by atoms with Crippen LogP contribution in [0.25, 0.3) is 0 Å². The fourth-order valence-electron chi connectivity index (χ4n) is 3.53. The monoisotopic (exact) mass is 413 g/mol. The van der Waals surface area contributed by atoms with Crippen molar-refractivity contribution < 1.29 is 4.79 Å². The summed E-state index contributed by atoms with van der Waals surface area (Å²) in [5.74, 6) is 0.228. The van der Waals surface area contributed by atoms with E-state index in [4.69, 9.17) is 11.6 Å². The van der Waals surface area contributed by atoms with Gasteiger partial charge in [0.2, 0.25) is 17.0 Å². The van der Waals surface area contributed by atoms with Gasteiger partial charge in [-0.25, -0.2) is 4.68 Å². The first kappa shape index (κ1) is 18.8. The van der Waals surface area contributed by atoms with E-state index in [0.29, 0.717) is 21.8 Å². The Bertz CT molecular complexity index is 976. The average Bonchev–Trinajstić information content (AvgIpc) is 3.12. The van der Waals surface area contributed by atoms with E-state index in [1.807, 2.05) is 48.2 Å². The van der Waals surface area contributed by atoms with Crippen molar-refractivity contribution >= 4 is 40.9 Å². The molecule has 28 heavy (non-hydrogen) atoms. The Labute approximate surface area is 172 Å². The van der Waals surface area contributed by atoms with Crippen molar-refractivity contribution in [3.63, 3.8) is 0 Å². The zero-order valence-electron chi connectivity index (χ0n) is 15.5. The zero-order chi connectivity index (χ0) is 19.7. The van der Waals surface area contributed by atoms with Gasteiger partial charge < -0.3 is 10.6 Å². The predicted molar refractivity (Wildman–Crippen MR) is 113 cm³/mol. The van der Waals surface area contributed by atoms with Crippen molar-refractivity contribution in [1.29, 1.82) is 0 Å². The highest BCUT2D eigenvalue weighted by atomic mass is 35.5. The van der Waals surface area contributed by atoms with E-state index >= 15 is 0 Å². The van der Waals surface area contributed by atoms with Crippen LogP contribution in [0.5, 0.6) is 0 Å². The number of rotatable bonds is 4. The van der Waals surface area contributed by atoms with E-state index in [9.17, 15) is 4.79 Å². The van der Waals surface area contributed by atoms with Gasteiger partial charge in [0.1, 0.15) is 0 Å². The Morgan fingerprint density at radius 2 is 1.89 bits per heavy atom. The third-order valence-corrected chi connectivity index (χ3v) is 5.64. The Morgan fingerprint density at radius 3 is 2.57 bits per heavy atom. The van der Waals surface area contributed by atoms with Crippen molar-refractivity contribution in [3.8, 4) is 0 Å². The van der Waals surface area contributed by atoms with Crippen LogP contribution in [-0.4, -0.2) is 33.0 Å². The molecular weight excluding hydrogens is 394 g/mol. The molecule has 1 aromatic heterocycles. The van der Waals surface area contributed by atoms with Gasteiger partial charge >= 0.3 is 0 Å². The lowest BCUT2D eigenvalue weighted by molar-refractivity contribution is -0.121. The van der Waals surface area contributed by atoms with Crippen LogP contribution in [0.15, 0.2) is 59.8 Å². The van der Waals surface area contributed by atoms with Crippen LogP contribution in [0, 0.1) is 5.92 Å². The maximum absolute atomic E-state index is 13.3. The number of carbonyl (C=O) groups excluding carboxylic acids is 1. The lowest BCUT2D eigenvalue weighted by Crippen LogP contribution is -2.46. The van der Waals surface area contributed by atoms with Gasteiger partial charge in [-0.2, -0.15) is 4.98 Å². The molecule has 0 aliphatic carbocycles. The minimum Gasteiger partial charge on any atom is -0.351 e. The molecule has 2 aromatic carbocycles. The highest BCUT2D eigenvalue weighted by Gasteiger charge is 2.41. The largest absolute Gasteiger partial charge is 0.351 e. The van der Waals surface area contributed by atoms with Crippen LogP contribution in [0.2, 0.25) is 5.02 Å². The molecule has 2 heterocycles. The van der Waals surface area contributed by atoms with E-state index in [-0.39, 0.29) is 23.9 Å². The van der Waals surface area contributed by atoms with Crippen molar-refractivity contribution in [2.75, 3.05) is 16.9 Å². The van der Waals surface area contributed by atoms with Crippen molar-refractivity contribution in [2.24, 2.45) is 5.92 Å². The fourth-order valence-corrected chi connectivity index (χ4v) is 4.00. The molecule has 0 fully saturated rings. The van der Waals surface area contributed by atoms with Crippen LogP contribution in [0.3, 0.4) is 0 Å². The summed E-state index contributed by atoms with van der Waals surface area (Å²) in [6.45, 7) is 2.00. The van der Waals surface area contributed by atoms with E-state index in [1.54, 1.807) is 24.3 Å². The van der Waals surface area contributed by atoms with E-state index < -0.39 is 0 Å². The number of fused-ring (bicyclic) bond motifs is 1. The van der Waals surface area contributed by atoms with Gasteiger partial charge in [-0.15, -0.1) is 5.10 Å². The molecule has 8 heteroatoms. The second-order valence-electron chi connectivity index (χ2n) is 6.68. The van der Waals surface area contributed by atoms with Crippen molar-refractivity contribution in [3.05, 3.63) is 65.2 Å². The van der Waals surface area contributed by atoms with Gasteiger partial charge in [0.25, 0.3) is 0 Å². The summed E-state index contributed by atoms with van der Waals surface area (Å²) in [6.07, 6.45) is 1.94. The molecular formula is C20H20ClN5OS. The Balaban J connectivity index is 1.73. The molecule has 3 aromatic rings. The first-order valence-electron chi connectivity index (χ1n) is 8.95. The average molecular weight is 414 g/mol. The molecule has 1 amide bonds. The molecule has 3 atom stereocenters. The van der Waals surface area contributed by atoms with Crippen molar-refractivity contribution in [1.82, 2.24) is 14.8 Å². The number of anilines is 2. The first-order chi connectivity index (χ1) is 13.6. The van der Waals surface area contributed by atoms with Crippen molar-refractivity contribution in [2.45, 2.75) is 24.2 Å². The quantitative estimate of drug-likeness (QED) is 0.623. The van der Waals surface area contributed by atoms with Gasteiger partial charge in [-0.1, -0.05) is 53.7 Å². The maximum atomic E-state index is 13.3. The predicted octanol–water partition coefficient (Wildman–Crippen LogP) is 4.31. The molecule has 0 spiro atoms. The number of thioether (sulfide) groups is 1. The summed E-state index contributed by atoms with van der Waals surface area (Å²) in [5, 5.41) is 12.3. The second kappa shape index (κ2) is 7.85. The second-order valence-corrected chi connectivity index (χ2v) is 7.89. The Hall–Kier alpha value is -2.51. The summed E-state index contributed by atoms with van der Waals surface area (Å²) >= 11 is 7.43. The number of benzene rings is 2. The molecule has 0 radical (unpaired) electrons. The fraction of sp³-hybridized carbons (Fsp3) is 0.250. The molecule has 1 aliphatic heterocycles. The summed E-state index contributed by atoms with van der Waals surface area (Å²) in [4.78, 5) is 17.8. The number of nitrogens with zero attached hydrogens (tertiary/aromatic N) is 3. The topological polar surface area (TPSA) is 71.8 Å². The number of halogens is 1. The van der Waals surface area contributed by atoms with Crippen LogP contribution in [-0.2, 0) is 4.79 Å². The molecule has 2 N–H and O–H groups in total. The number of hydrogen-bond donors (Lipinski definition) is 2. The van der Waals surface area contributed by atoms with Crippen LogP contribution >= 0.6 is 23.4 Å². The van der Waals surface area contributed by atoms with Crippen LogP contribution < -0.4 is 10.6 Å². The number of nitrogens with one attached hydrogen (secondary N) is 2. The Morgan fingerprint density at radius 1 is 1.18 bits per heavy atom. The number of amides is 1. The van der Waals surface area contributed by atoms with Gasteiger partial charge in [0.15, 0.2) is 0 Å². The third-order valence-electron chi connectivity index (χ3n) is 4.85. The molecule has 0 saturated carbocycles. The van der Waals surface area contributed by atoms with Gasteiger partial charge in [-0.3, -0.25) is 4.79 Å². The van der Waals surface area contributed by atoms with Gasteiger partial charge in [0, 0.05) is 16.8 Å². The maximum Gasteiger partial charge on any atom is 0.232 e. The molecule has 4 rings (SSSR count). The standard InChI is InChI=1S/C20H20ClN5OS/c1-12-16(18(27)23-15-10-8-14(21)9-11-15)17(13-6-4-3-5-7-13)26-19(22-12)24-20(25-26)28-2/h3-12,16-17H,1-2H3,(H,23,27)(H,22,24,25). The Kier molecular flexibility index (Phi) is 5.28. The molecule has 0 bridgehead atoms. The van der Waals surface area contributed by atoms with E-state index in [0.717, 1.165) is 5.56 Å². The first-order valence-corrected chi connectivity index (χ1v) is 10.6. The highest BCUT2D eigenvalue weighted by molar-refractivity contribution is 7.98. The normalized spacial score (nSPS) is 20.9. The third kappa shape index (κ3) is 3.59. The number of hydrogen-bond acceptors (Lipinski definition) is 5. The molecule has 0 saturated heterocycles. The minimum absolute atomic E-state index is 0.0805. The van der Waals surface area contributed by atoms with Crippen LogP contribution in [0.4, 0.5) is 11.6 Å². The molecule has 6 nitrogen and oxygen atoms in total. The van der Waals surface area contributed by atoms with Gasteiger partial charge in [-0.05, 0) is 43.0 Å². The number of aromatic nitrogens is 3. The zero-order valence-corrected chi connectivity index (χ0v) is 17.0. The minimum atomic E-state index is -0.373. The lowest BCUT2D eigenvalue weighted by Gasteiger charge is -2.36. The summed E-state index contributed by atoms with van der Waals surface area (Å²) in [6, 6.07) is 16.7. The number of carbonyl (C=O) groups is 1. The lowest BCUT2D eigenvalue weighted by atomic mass is 9.85. The smallest absolute Gasteiger partial charge is 0.232 e. The highest BCUT2D eigenvalue weighted by Crippen LogP contribution is 2.37. The summed E-state index contributed by atoms with van der Waals surface area (Å²) < 4.78 is 1.83. The molecule has 1 aliphatic rings. The van der Waals surface area contributed by atoms with E-state index in [1.165, 1.54) is 11.8 Å². The summed E-state index contributed by atoms with van der Waals surface area (Å²) in [5.41, 5.74) is 1.73. The SMILES string of the molecule is CSc1nc2n(n1)C(c1ccccc1)C(C(=O)Nc1ccc(Cl)cc1)C(C)N2. The summed E-state index contributed by atoms with van der Waals surface area (Å²) in [7, 11) is 0. The van der Waals surface area contributed by atoms with Gasteiger partial charge in [0.05, 0.1) is 12.0 Å².